The maximum absolute atomic E-state index is 12.1. The molecule has 0 bridgehead atoms. The van der Waals surface area contributed by atoms with Gasteiger partial charge in [-0.05, 0) is 85.4 Å². The largest absolute Gasteiger partial charge is 0.326 e. The molecule has 4 aromatic rings. The zero-order valence-corrected chi connectivity index (χ0v) is 20.1. The Balaban J connectivity index is 1.21. The van der Waals surface area contributed by atoms with E-state index in [1.165, 1.54) is 27.7 Å². The fourth-order valence-corrected chi connectivity index (χ4v) is 4.94. The summed E-state index contributed by atoms with van der Waals surface area (Å²) in [4.78, 5) is 14.6. The standard InChI is InChI=1S/C30H33N3O/c1-22(2)30(34)31-27-8-6-7-25(20-27)24-13-16-32(17-14-24)21-23-11-12-29-26(19-23)15-18-33(29)28-9-4-3-5-10-28/h3-12,15,18-20,22,24H,13-14,16-17,21H2,1-2H3,(H,31,34). The molecular formula is C30H33N3O. The van der Waals surface area contributed by atoms with Crippen LogP contribution in [0, 0.1) is 5.92 Å². The van der Waals surface area contributed by atoms with Gasteiger partial charge in [0, 0.05) is 35.4 Å². The number of piperidine rings is 1. The van der Waals surface area contributed by atoms with Crippen molar-refractivity contribution in [2.75, 3.05) is 18.4 Å². The Hall–Kier alpha value is -3.37. The zero-order chi connectivity index (χ0) is 23.5. The molecule has 1 aliphatic heterocycles. The molecule has 0 saturated carbocycles. The molecule has 1 saturated heterocycles. The van der Waals surface area contributed by atoms with E-state index in [0.717, 1.165) is 38.2 Å². The Morgan fingerprint density at radius 2 is 1.74 bits per heavy atom. The first-order valence-corrected chi connectivity index (χ1v) is 12.4. The van der Waals surface area contributed by atoms with Crippen molar-refractivity contribution in [3.05, 3.63) is 96.2 Å². The van der Waals surface area contributed by atoms with Gasteiger partial charge < -0.3 is 9.88 Å². The average Bonchev–Trinajstić information content (AvgIpc) is 3.28. The third-order valence-electron chi connectivity index (χ3n) is 6.93. The van der Waals surface area contributed by atoms with Crippen molar-refractivity contribution in [3.63, 3.8) is 0 Å². The molecule has 1 aliphatic rings. The van der Waals surface area contributed by atoms with E-state index in [9.17, 15) is 4.79 Å². The monoisotopic (exact) mass is 451 g/mol. The molecule has 0 radical (unpaired) electrons. The van der Waals surface area contributed by atoms with Gasteiger partial charge in [0.05, 0.1) is 5.52 Å². The van der Waals surface area contributed by atoms with Crippen LogP contribution >= 0.6 is 0 Å². The number of nitrogens with zero attached hydrogens (tertiary/aromatic N) is 2. The molecule has 1 amide bonds. The molecule has 1 N–H and O–H groups in total. The lowest BCUT2D eigenvalue weighted by molar-refractivity contribution is -0.118. The van der Waals surface area contributed by atoms with Gasteiger partial charge in [-0.15, -0.1) is 0 Å². The number of amides is 1. The minimum atomic E-state index is -0.0111. The van der Waals surface area contributed by atoms with E-state index in [1.807, 2.05) is 19.9 Å². The van der Waals surface area contributed by atoms with Gasteiger partial charge in [0.2, 0.25) is 5.91 Å². The summed E-state index contributed by atoms with van der Waals surface area (Å²) in [5.74, 6) is 0.612. The number of aromatic nitrogens is 1. The predicted octanol–water partition coefficient (Wildman–Crippen LogP) is 6.60. The van der Waals surface area contributed by atoms with E-state index in [4.69, 9.17) is 0 Å². The second-order valence-electron chi connectivity index (χ2n) is 9.73. The van der Waals surface area contributed by atoms with Crippen LogP contribution in [0.25, 0.3) is 16.6 Å². The van der Waals surface area contributed by atoms with Crippen molar-refractivity contribution in [2.24, 2.45) is 5.92 Å². The minimum Gasteiger partial charge on any atom is -0.326 e. The molecule has 1 fully saturated rings. The highest BCUT2D eigenvalue weighted by Gasteiger charge is 2.21. The minimum absolute atomic E-state index is 0.0111. The van der Waals surface area contributed by atoms with Crippen LogP contribution in [-0.2, 0) is 11.3 Å². The van der Waals surface area contributed by atoms with Crippen LogP contribution in [0.4, 0.5) is 5.69 Å². The highest BCUT2D eigenvalue weighted by atomic mass is 16.1. The van der Waals surface area contributed by atoms with Crippen LogP contribution in [-0.4, -0.2) is 28.5 Å². The first kappa shape index (κ1) is 22.4. The number of hydrogen-bond acceptors (Lipinski definition) is 2. The highest BCUT2D eigenvalue weighted by molar-refractivity contribution is 5.92. The van der Waals surface area contributed by atoms with Crippen molar-refractivity contribution in [3.8, 4) is 5.69 Å². The van der Waals surface area contributed by atoms with E-state index in [0.29, 0.717) is 5.92 Å². The summed E-state index contributed by atoms with van der Waals surface area (Å²) >= 11 is 0. The summed E-state index contributed by atoms with van der Waals surface area (Å²) in [7, 11) is 0. The molecule has 4 nitrogen and oxygen atoms in total. The van der Waals surface area contributed by atoms with Crippen molar-refractivity contribution >= 4 is 22.5 Å². The third kappa shape index (κ3) is 4.92. The smallest absolute Gasteiger partial charge is 0.226 e. The first-order chi connectivity index (χ1) is 16.6. The SMILES string of the molecule is CC(C)C(=O)Nc1cccc(C2CCN(Cc3ccc4c(ccn4-c4ccccc4)c3)CC2)c1. The number of likely N-dealkylation sites (tertiary alicyclic amines) is 1. The molecule has 0 unspecified atom stereocenters. The van der Waals surface area contributed by atoms with Crippen molar-refractivity contribution in [2.45, 2.75) is 39.2 Å². The van der Waals surface area contributed by atoms with Gasteiger partial charge in [-0.25, -0.2) is 0 Å². The van der Waals surface area contributed by atoms with E-state index in [-0.39, 0.29) is 11.8 Å². The predicted molar refractivity (Wildman–Crippen MR) is 140 cm³/mol. The Bertz CT molecular complexity index is 1270. The number of para-hydroxylation sites is 1. The number of anilines is 1. The lowest BCUT2D eigenvalue weighted by atomic mass is 9.89. The lowest BCUT2D eigenvalue weighted by Gasteiger charge is -2.32. The molecule has 4 heteroatoms. The van der Waals surface area contributed by atoms with Gasteiger partial charge >= 0.3 is 0 Å². The van der Waals surface area contributed by atoms with Crippen LogP contribution in [0.15, 0.2) is 85.1 Å². The third-order valence-corrected chi connectivity index (χ3v) is 6.93. The summed E-state index contributed by atoms with van der Waals surface area (Å²) in [5, 5.41) is 4.33. The van der Waals surface area contributed by atoms with Gasteiger partial charge in [-0.3, -0.25) is 9.69 Å². The summed E-state index contributed by atoms with van der Waals surface area (Å²) in [6.07, 6.45) is 4.45. The topological polar surface area (TPSA) is 37.3 Å². The molecule has 34 heavy (non-hydrogen) atoms. The summed E-state index contributed by atoms with van der Waals surface area (Å²) < 4.78 is 2.25. The van der Waals surface area contributed by atoms with Gasteiger partial charge in [0.15, 0.2) is 0 Å². The Morgan fingerprint density at radius 3 is 2.50 bits per heavy atom. The quantitative estimate of drug-likeness (QED) is 0.358. The van der Waals surface area contributed by atoms with Crippen LogP contribution in [0.5, 0.6) is 0 Å². The molecular weight excluding hydrogens is 418 g/mol. The summed E-state index contributed by atoms with van der Waals surface area (Å²) in [6.45, 7) is 7.02. The van der Waals surface area contributed by atoms with Crippen molar-refractivity contribution in [1.82, 2.24) is 9.47 Å². The number of benzene rings is 3. The number of nitrogens with one attached hydrogen (secondary N) is 1. The maximum atomic E-state index is 12.1. The van der Waals surface area contributed by atoms with Gasteiger partial charge in [-0.1, -0.05) is 50.2 Å². The molecule has 2 heterocycles. The van der Waals surface area contributed by atoms with E-state index >= 15 is 0 Å². The maximum Gasteiger partial charge on any atom is 0.226 e. The van der Waals surface area contributed by atoms with Gasteiger partial charge in [0.25, 0.3) is 0 Å². The average molecular weight is 452 g/mol. The summed E-state index contributed by atoms with van der Waals surface area (Å²) in [5.41, 5.74) is 6.06. The number of rotatable bonds is 6. The first-order valence-electron chi connectivity index (χ1n) is 12.4. The molecule has 174 valence electrons. The fraction of sp³-hybridized carbons (Fsp3) is 0.300. The number of hydrogen-bond donors (Lipinski definition) is 1. The highest BCUT2D eigenvalue weighted by Crippen LogP contribution is 2.31. The van der Waals surface area contributed by atoms with Crippen molar-refractivity contribution < 1.29 is 4.79 Å². The van der Waals surface area contributed by atoms with Crippen LogP contribution in [0.2, 0.25) is 0 Å². The van der Waals surface area contributed by atoms with Gasteiger partial charge in [0.1, 0.15) is 0 Å². The fourth-order valence-electron chi connectivity index (χ4n) is 4.94. The summed E-state index contributed by atoms with van der Waals surface area (Å²) in [6, 6.07) is 28.0. The van der Waals surface area contributed by atoms with E-state index in [2.05, 4.69) is 93.8 Å². The normalized spacial score (nSPS) is 15.1. The molecule has 0 aliphatic carbocycles. The Labute approximate surface area is 202 Å². The second kappa shape index (κ2) is 9.86. The lowest BCUT2D eigenvalue weighted by Crippen LogP contribution is -2.32. The van der Waals surface area contributed by atoms with Crippen LogP contribution in [0.1, 0.15) is 43.7 Å². The molecule has 5 rings (SSSR count). The number of carbonyl (C=O) groups excluding carboxylic acids is 1. The van der Waals surface area contributed by atoms with E-state index < -0.39 is 0 Å². The van der Waals surface area contributed by atoms with Crippen molar-refractivity contribution in [1.29, 1.82) is 0 Å². The molecule has 0 spiro atoms. The van der Waals surface area contributed by atoms with Gasteiger partial charge in [-0.2, -0.15) is 0 Å². The molecule has 0 atom stereocenters. The van der Waals surface area contributed by atoms with E-state index in [1.54, 1.807) is 0 Å². The molecule has 3 aromatic carbocycles. The van der Waals surface area contributed by atoms with Crippen LogP contribution < -0.4 is 5.32 Å². The Morgan fingerprint density at radius 1 is 0.941 bits per heavy atom. The van der Waals surface area contributed by atoms with Crippen LogP contribution in [0.3, 0.4) is 0 Å². The molecule has 1 aromatic heterocycles. The number of carbonyl (C=O) groups is 1. The zero-order valence-electron chi connectivity index (χ0n) is 20.1. The number of fused-ring (bicyclic) bond motifs is 1. The Kier molecular flexibility index (Phi) is 6.50. The second-order valence-corrected chi connectivity index (χ2v) is 9.73.